The van der Waals surface area contributed by atoms with Crippen LogP contribution in [-0.4, -0.2) is 55.8 Å². The summed E-state index contributed by atoms with van der Waals surface area (Å²) in [5.74, 6) is -0.321. The Labute approximate surface area is 136 Å². The van der Waals surface area contributed by atoms with Crippen molar-refractivity contribution in [2.24, 2.45) is 0 Å². The normalized spacial score (nSPS) is 22.5. The maximum Gasteiger partial charge on any atom is 0.247 e. The fraction of sp³-hybridized carbons (Fsp3) is 0.438. The number of nitrogens with one attached hydrogen (secondary N) is 1. The maximum absolute atomic E-state index is 12.8. The summed E-state index contributed by atoms with van der Waals surface area (Å²) in [6.45, 7) is 6.37. The number of hydrogen-bond acceptors (Lipinski definition) is 4. The van der Waals surface area contributed by atoms with Crippen LogP contribution in [0.4, 0.5) is 5.69 Å². The predicted octanol–water partition coefficient (Wildman–Crippen LogP) is 1.28. The van der Waals surface area contributed by atoms with Crippen molar-refractivity contribution in [2.75, 3.05) is 31.5 Å². The molecule has 0 radical (unpaired) electrons. The first-order valence-electron chi connectivity index (χ1n) is 7.78. The van der Waals surface area contributed by atoms with Crippen molar-refractivity contribution in [3.63, 3.8) is 0 Å². The SMILES string of the molecule is C=CC(=O)Nc1ccc(S(=O)(=O)N2CCN3CCCC3C2)cc1. The third-order valence-corrected chi connectivity index (χ3v) is 6.37. The van der Waals surface area contributed by atoms with Gasteiger partial charge in [-0.1, -0.05) is 6.58 Å². The van der Waals surface area contributed by atoms with Gasteiger partial charge in [-0.2, -0.15) is 4.31 Å². The van der Waals surface area contributed by atoms with E-state index in [2.05, 4.69) is 16.8 Å². The minimum atomic E-state index is -3.48. The first kappa shape index (κ1) is 16.2. The minimum Gasteiger partial charge on any atom is -0.323 e. The molecule has 1 N–H and O–H groups in total. The van der Waals surface area contributed by atoms with Gasteiger partial charge < -0.3 is 5.32 Å². The van der Waals surface area contributed by atoms with E-state index in [0.717, 1.165) is 25.9 Å². The van der Waals surface area contributed by atoms with Gasteiger partial charge in [-0.05, 0) is 49.7 Å². The second-order valence-electron chi connectivity index (χ2n) is 5.91. The average molecular weight is 335 g/mol. The zero-order valence-electron chi connectivity index (χ0n) is 12.9. The number of piperazine rings is 1. The number of nitrogens with zero attached hydrogens (tertiary/aromatic N) is 2. The van der Waals surface area contributed by atoms with Gasteiger partial charge in [-0.25, -0.2) is 8.42 Å². The van der Waals surface area contributed by atoms with Gasteiger partial charge in [0.15, 0.2) is 0 Å². The highest BCUT2D eigenvalue weighted by Crippen LogP contribution is 2.26. The van der Waals surface area contributed by atoms with Crippen molar-refractivity contribution in [1.82, 2.24) is 9.21 Å². The summed E-state index contributed by atoms with van der Waals surface area (Å²) in [7, 11) is -3.48. The van der Waals surface area contributed by atoms with E-state index in [-0.39, 0.29) is 10.8 Å². The molecule has 7 heteroatoms. The Morgan fingerprint density at radius 3 is 2.65 bits per heavy atom. The van der Waals surface area contributed by atoms with E-state index < -0.39 is 10.0 Å². The van der Waals surface area contributed by atoms with Crippen LogP contribution in [0.3, 0.4) is 0 Å². The number of carbonyl (C=O) groups excluding carboxylic acids is 1. The smallest absolute Gasteiger partial charge is 0.247 e. The Bertz CT molecular complexity index is 700. The number of hydrogen-bond donors (Lipinski definition) is 1. The Hall–Kier alpha value is -1.70. The molecule has 1 atom stereocenters. The van der Waals surface area contributed by atoms with Gasteiger partial charge in [0, 0.05) is 31.4 Å². The molecule has 1 amide bonds. The fourth-order valence-electron chi connectivity index (χ4n) is 3.23. The number of anilines is 1. The quantitative estimate of drug-likeness (QED) is 0.842. The number of benzene rings is 1. The zero-order chi connectivity index (χ0) is 16.4. The van der Waals surface area contributed by atoms with Crippen LogP contribution in [0.1, 0.15) is 12.8 Å². The highest BCUT2D eigenvalue weighted by molar-refractivity contribution is 7.89. The molecule has 2 fully saturated rings. The van der Waals surface area contributed by atoms with E-state index in [9.17, 15) is 13.2 Å². The summed E-state index contributed by atoms with van der Waals surface area (Å²) in [4.78, 5) is 13.9. The predicted molar refractivity (Wildman–Crippen MR) is 88.6 cm³/mol. The number of sulfonamides is 1. The van der Waals surface area contributed by atoms with Gasteiger partial charge in [-0.3, -0.25) is 9.69 Å². The van der Waals surface area contributed by atoms with Crippen LogP contribution < -0.4 is 5.32 Å². The largest absolute Gasteiger partial charge is 0.323 e. The molecule has 2 aliphatic heterocycles. The molecule has 0 aliphatic carbocycles. The van der Waals surface area contributed by atoms with Gasteiger partial charge >= 0.3 is 0 Å². The van der Waals surface area contributed by atoms with E-state index in [1.807, 2.05) is 0 Å². The summed E-state index contributed by atoms with van der Waals surface area (Å²) in [6, 6.07) is 6.62. The molecule has 3 rings (SSSR count). The summed E-state index contributed by atoms with van der Waals surface area (Å²) in [5.41, 5.74) is 0.550. The van der Waals surface area contributed by atoms with Gasteiger partial charge in [-0.15, -0.1) is 0 Å². The molecule has 0 bridgehead atoms. The molecule has 2 saturated heterocycles. The second-order valence-corrected chi connectivity index (χ2v) is 7.85. The second kappa shape index (κ2) is 6.43. The van der Waals surface area contributed by atoms with Crippen molar-refractivity contribution in [3.8, 4) is 0 Å². The highest BCUT2D eigenvalue weighted by Gasteiger charge is 2.36. The summed E-state index contributed by atoms with van der Waals surface area (Å²) in [6.07, 6.45) is 3.39. The Balaban J connectivity index is 1.74. The summed E-state index contributed by atoms with van der Waals surface area (Å²) >= 11 is 0. The van der Waals surface area contributed by atoms with Gasteiger partial charge in [0.25, 0.3) is 0 Å². The van der Waals surface area contributed by atoms with Crippen LogP contribution >= 0.6 is 0 Å². The van der Waals surface area contributed by atoms with Crippen molar-refractivity contribution >= 4 is 21.6 Å². The van der Waals surface area contributed by atoms with E-state index in [4.69, 9.17) is 0 Å². The van der Waals surface area contributed by atoms with Gasteiger partial charge in [0.2, 0.25) is 15.9 Å². The lowest BCUT2D eigenvalue weighted by atomic mass is 10.2. The molecule has 1 unspecified atom stereocenters. The number of amides is 1. The van der Waals surface area contributed by atoms with Crippen LogP contribution in [-0.2, 0) is 14.8 Å². The number of rotatable bonds is 4. The highest BCUT2D eigenvalue weighted by atomic mass is 32.2. The molecule has 2 aliphatic rings. The molecule has 1 aromatic rings. The molecule has 124 valence electrons. The van der Waals surface area contributed by atoms with Crippen molar-refractivity contribution in [1.29, 1.82) is 0 Å². The minimum absolute atomic E-state index is 0.264. The Morgan fingerprint density at radius 2 is 1.96 bits per heavy atom. The molecule has 6 nitrogen and oxygen atoms in total. The lowest BCUT2D eigenvalue weighted by Gasteiger charge is -2.36. The van der Waals surface area contributed by atoms with E-state index in [1.165, 1.54) is 18.2 Å². The Morgan fingerprint density at radius 1 is 1.22 bits per heavy atom. The lowest BCUT2D eigenvalue weighted by Crippen LogP contribution is -2.51. The molecule has 0 aromatic heterocycles. The third kappa shape index (κ3) is 3.31. The topological polar surface area (TPSA) is 69.7 Å². The first-order chi connectivity index (χ1) is 11.0. The molecular weight excluding hydrogens is 314 g/mol. The number of fused-ring (bicyclic) bond motifs is 1. The van der Waals surface area contributed by atoms with Crippen molar-refractivity contribution in [3.05, 3.63) is 36.9 Å². The fourth-order valence-corrected chi connectivity index (χ4v) is 4.70. The van der Waals surface area contributed by atoms with Crippen LogP contribution in [0.5, 0.6) is 0 Å². The van der Waals surface area contributed by atoms with E-state index >= 15 is 0 Å². The van der Waals surface area contributed by atoms with Gasteiger partial charge in [0.1, 0.15) is 0 Å². The molecule has 0 saturated carbocycles. The molecule has 0 spiro atoms. The summed E-state index contributed by atoms with van der Waals surface area (Å²) < 4.78 is 27.1. The molecular formula is C16H21N3O3S. The molecule has 23 heavy (non-hydrogen) atoms. The molecule has 2 heterocycles. The zero-order valence-corrected chi connectivity index (χ0v) is 13.8. The number of carbonyl (C=O) groups is 1. The van der Waals surface area contributed by atoms with Crippen molar-refractivity contribution < 1.29 is 13.2 Å². The summed E-state index contributed by atoms with van der Waals surface area (Å²) in [5, 5.41) is 2.61. The van der Waals surface area contributed by atoms with E-state index in [0.29, 0.717) is 24.8 Å². The third-order valence-electron chi connectivity index (χ3n) is 4.50. The van der Waals surface area contributed by atoms with Gasteiger partial charge in [0.05, 0.1) is 4.90 Å². The average Bonchev–Trinajstić information content (AvgIpc) is 3.02. The van der Waals surface area contributed by atoms with Crippen LogP contribution in [0.15, 0.2) is 41.8 Å². The Kier molecular flexibility index (Phi) is 4.52. The molecule has 1 aromatic carbocycles. The lowest BCUT2D eigenvalue weighted by molar-refractivity contribution is -0.111. The maximum atomic E-state index is 12.8. The van der Waals surface area contributed by atoms with Crippen LogP contribution in [0, 0.1) is 0 Å². The van der Waals surface area contributed by atoms with Crippen molar-refractivity contribution in [2.45, 2.75) is 23.8 Å². The van der Waals surface area contributed by atoms with E-state index in [1.54, 1.807) is 16.4 Å². The monoisotopic (exact) mass is 335 g/mol. The van der Waals surface area contributed by atoms with Crippen LogP contribution in [0.2, 0.25) is 0 Å². The van der Waals surface area contributed by atoms with Crippen LogP contribution in [0.25, 0.3) is 0 Å². The first-order valence-corrected chi connectivity index (χ1v) is 9.22. The standard InChI is InChI=1S/C16H21N3O3S/c1-2-16(20)17-13-5-7-15(8-6-13)23(21,22)19-11-10-18-9-3-4-14(18)12-19/h2,5-8,14H,1,3-4,9-12H2,(H,17,20).